The maximum atomic E-state index is 7.00. The van der Waals surface area contributed by atoms with Crippen molar-refractivity contribution in [3.8, 4) is 33.4 Å². The van der Waals surface area contributed by atoms with Gasteiger partial charge in [-0.3, -0.25) is 0 Å². The summed E-state index contributed by atoms with van der Waals surface area (Å²) in [6, 6.07) is 84.5. The van der Waals surface area contributed by atoms with Crippen molar-refractivity contribution in [2.45, 2.75) is 0 Å². The van der Waals surface area contributed by atoms with Gasteiger partial charge in [0, 0.05) is 34.4 Å². The SMILES string of the molecule is c1cc2ccc3ccc(-c4ccc5oc6ccc7c(-c8cc9cccc%10ccc%11cccc8c%11c%109)ccc(oc8ccc9c(-c%10ccc%11ccc%12cccc%13ccc%10c%11c%12%13)ccc(oc%10ccc4c5n%10)c9n8)c7n6)c4ccc(c1)c2c34. The molecular weight excluding hydrogens is 991 g/mol. The monoisotopic (exact) mass is 1030 g/mol. The molecule has 0 saturated heterocycles. The van der Waals surface area contributed by atoms with Gasteiger partial charge in [-0.2, -0.15) is 0 Å². The van der Waals surface area contributed by atoms with Crippen molar-refractivity contribution in [2.75, 3.05) is 0 Å². The van der Waals surface area contributed by atoms with Gasteiger partial charge in [0.25, 0.3) is 0 Å². The van der Waals surface area contributed by atoms with Crippen molar-refractivity contribution in [1.82, 2.24) is 15.0 Å². The van der Waals surface area contributed by atoms with E-state index < -0.39 is 0 Å². The second-order valence-electron chi connectivity index (χ2n) is 21.7. The Morgan fingerprint density at radius 1 is 0.198 bits per heavy atom. The number of aromatic nitrogens is 3. The molecule has 0 aliphatic carbocycles. The highest BCUT2D eigenvalue weighted by Gasteiger charge is 2.21. The highest BCUT2D eigenvalue weighted by atomic mass is 16.3. The topological polar surface area (TPSA) is 78.1 Å². The van der Waals surface area contributed by atoms with Crippen LogP contribution in [0.5, 0.6) is 0 Å². The zero-order valence-electron chi connectivity index (χ0n) is 43.1. The van der Waals surface area contributed by atoms with E-state index in [1.165, 1.54) is 97.0 Å². The lowest BCUT2D eigenvalue weighted by Gasteiger charge is -2.16. The predicted octanol–water partition coefficient (Wildman–Crippen LogP) is 20.9. The predicted molar refractivity (Wildman–Crippen MR) is 336 cm³/mol. The summed E-state index contributed by atoms with van der Waals surface area (Å²) in [5.41, 5.74) is 11.1. The van der Waals surface area contributed by atoms with E-state index in [1.807, 2.05) is 36.4 Å². The first-order chi connectivity index (χ1) is 40.1. The van der Waals surface area contributed by atoms with Crippen LogP contribution < -0.4 is 0 Å². The van der Waals surface area contributed by atoms with E-state index in [1.54, 1.807) is 0 Å². The largest absolute Gasteiger partial charge is 0.437 e. The Balaban J connectivity index is 0.911. The van der Waals surface area contributed by atoms with Crippen LogP contribution in [0.1, 0.15) is 0 Å². The molecule has 81 heavy (non-hydrogen) atoms. The molecule has 6 bridgehead atoms. The van der Waals surface area contributed by atoms with E-state index >= 15 is 0 Å². The van der Waals surface area contributed by atoms with E-state index in [2.05, 4.69) is 200 Å². The molecule has 19 aromatic rings. The van der Waals surface area contributed by atoms with Gasteiger partial charge in [-0.1, -0.05) is 158 Å². The minimum atomic E-state index is 0.392. The maximum Gasteiger partial charge on any atom is 0.220 e. The molecule has 4 heterocycles. The number of benzene rings is 15. The molecule has 6 nitrogen and oxygen atoms in total. The Labute approximate surface area is 459 Å². The first-order valence-corrected chi connectivity index (χ1v) is 27.5. The summed E-state index contributed by atoms with van der Waals surface area (Å²) in [6.45, 7) is 0. The zero-order valence-corrected chi connectivity index (χ0v) is 43.1. The van der Waals surface area contributed by atoms with E-state index in [9.17, 15) is 0 Å². The molecule has 4 aromatic heterocycles. The zero-order chi connectivity index (χ0) is 52.6. The van der Waals surface area contributed by atoms with Crippen molar-refractivity contribution >= 4 is 164 Å². The molecule has 19 rings (SSSR count). The average molecular weight is 1030 g/mol. The average Bonchev–Trinajstić information content (AvgIpc) is 3.73. The Hall–Kier alpha value is -11.0. The molecule has 6 heteroatoms. The first kappa shape index (κ1) is 43.1. The molecule has 0 fully saturated rings. The Morgan fingerprint density at radius 2 is 0.469 bits per heavy atom. The van der Waals surface area contributed by atoms with Gasteiger partial charge in [-0.15, -0.1) is 0 Å². The molecule has 0 radical (unpaired) electrons. The summed E-state index contributed by atoms with van der Waals surface area (Å²) < 4.78 is 21.0. The summed E-state index contributed by atoms with van der Waals surface area (Å²) >= 11 is 0. The fraction of sp³-hybridized carbons (Fsp3) is 0. The molecule has 372 valence electrons. The van der Waals surface area contributed by atoms with E-state index in [0.29, 0.717) is 50.4 Å². The van der Waals surface area contributed by atoms with Crippen molar-refractivity contribution in [2.24, 2.45) is 0 Å². The van der Waals surface area contributed by atoms with Gasteiger partial charge in [-0.05, 0) is 191 Å². The van der Waals surface area contributed by atoms with Crippen LogP contribution in [0.3, 0.4) is 0 Å². The van der Waals surface area contributed by atoms with Crippen LogP contribution in [0.2, 0.25) is 0 Å². The highest BCUT2D eigenvalue weighted by molar-refractivity contribution is 6.29. The fourth-order valence-corrected chi connectivity index (χ4v) is 13.9. The van der Waals surface area contributed by atoms with Crippen molar-refractivity contribution in [1.29, 1.82) is 0 Å². The summed E-state index contributed by atoms with van der Waals surface area (Å²) in [5, 5.41) is 24.7. The van der Waals surface area contributed by atoms with Gasteiger partial charge in [-0.25, -0.2) is 15.0 Å². The minimum absolute atomic E-state index is 0.392. The van der Waals surface area contributed by atoms with Crippen LogP contribution in [-0.4, -0.2) is 15.0 Å². The third-order valence-corrected chi connectivity index (χ3v) is 17.5. The van der Waals surface area contributed by atoms with Gasteiger partial charge in [0.15, 0.2) is 16.7 Å². The molecule has 0 spiro atoms. The molecule has 0 aliphatic heterocycles. The standard InChI is InChI=1S/C75H39N3O3/c1-5-40-14-17-46-19-23-49(55-25-21-43(7-1)67(40)71(46)55)51-27-33-61-73-58(51)31-37-65(77-73)81-63-35-29-53(60-39-48-11-3-9-42-13-16-45-10-4-12-54(60)70(45)69(42)48)59-32-38-66(78-75(59)63)80-62-34-28-52(57-30-36-64(79-61)76-74(57)62)50-24-20-47-18-15-41-6-2-8-44-22-26-56(50)72(47)68(41)44/h1-39H. The van der Waals surface area contributed by atoms with Crippen molar-refractivity contribution in [3.05, 3.63) is 237 Å². The Morgan fingerprint density at radius 3 is 0.889 bits per heavy atom. The second kappa shape index (κ2) is 15.8. The van der Waals surface area contributed by atoms with Crippen LogP contribution in [0.15, 0.2) is 250 Å². The Kier molecular flexibility index (Phi) is 8.43. The molecule has 0 N–H and O–H groups in total. The molecule has 0 saturated carbocycles. The third kappa shape index (κ3) is 6.08. The smallest absolute Gasteiger partial charge is 0.220 e. The third-order valence-electron chi connectivity index (χ3n) is 17.5. The first-order valence-electron chi connectivity index (χ1n) is 27.5. The molecule has 0 atom stereocenters. The Bertz CT molecular complexity index is 5860. The maximum absolute atomic E-state index is 7.00. The van der Waals surface area contributed by atoms with Crippen LogP contribution >= 0.6 is 0 Å². The lowest BCUT2D eigenvalue weighted by molar-refractivity contribution is 0.637. The minimum Gasteiger partial charge on any atom is -0.437 e. The fourth-order valence-electron chi connectivity index (χ4n) is 13.9. The lowest BCUT2D eigenvalue weighted by Crippen LogP contribution is -1.91. The van der Waals surface area contributed by atoms with E-state index in [0.717, 1.165) is 49.5 Å². The quantitative estimate of drug-likeness (QED) is 0.164. The van der Waals surface area contributed by atoms with E-state index in [4.69, 9.17) is 28.2 Å². The van der Waals surface area contributed by atoms with Crippen LogP contribution in [-0.2, 0) is 0 Å². The number of fused-ring (bicyclic) bond motifs is 3. The summed E-state index contributed by atoms with van der Waals surface area (Å²) in [6.07, 6.45) is 0. The molecule has 0 amide bonds. The van der Waals surface area contributed by atoms with Gasteiger partial charge < -0.3 is 13.3 Å². The lowest BCUT2D eigenvalue weighted by atomic mass is 9.88. The van der Waals surface area contributed by atoms with Crippen molar-refractivity contribution < 1.29 is 13.3 Å². The summed E-state index contributed by atoms with van der Waals surface area (Å²) in [4.78, 5) is 16.1. The molecule has 0 unspecified atom stereocenters. The molecule has 0 aliphatic rings. The van der Waals surface area contributed by atoms with Gasteiger partial charge >= 0.3 is 0 Å². The number of nitrogens with zero attached hydrogens (tertiary/aromatic N) is 3. The number of hydrogen-bond acceptors (Lipinski definition) is 6. The van der Waals surface area contributed by atoms with Crippen LogP contribution in [0.25, 0.3) is 197 Å². The highest BCUT2D eigenvalue weighted by Crippen LogP contribution is 2.46. The van der Waals surface area contributed by atoms with Gasteiger partial charge in [0.1, 0.15) is 16.6 Å². The van der Waals surface area contributed by atoms with Gasteiger partial charge in [0.2, 0.25) is 17.1 Å². The van der Waals surface area contributed by atoms with Crippen LogP contribution in [0, 0.1) is 0 Å². The normalized spacial score (nSPS) is 12.4. The van der Waals surface area contributed by atoms with Crippen molar-refractivity contribution in [3.63, 3.8) is 0 Å². The number of hydrogen-bond donors (Lipinski definition) is 0. The second-order valence-corrected chi connectivity index (χ2v) is 21.7. The van der Waals surface area contributed by atoms with Crippen LogP contribution in [0.4, 0.5) is 0 Å². The van der Waals surface area contributed by atoms with Gasteiger partial charge in [0.05, 0.1) is 0 Å². The summed E-state index contributed by atoms with van der Waals surface area (Å²) in [7, 11) is 0. The number of pyridine rings is 3. The molecule has 15 aromatic carbocycles. The summed E-state index contributed by atoms with van der Waals surface area (Å²) in [5.74, 6) is 0. The molecular formula is C75H39N3O3. The van der Waals surface area contributed by atoms with E-state index in [-0.39, 0.29) is 0 Å². The number of rotatable bonds is 3.